The van der Waals surface area contributed by atoms with Gasteiger partial charge in [-0.1, -0.05) is 12.1 Å². The molecule has 0 aliphatic rings. The molecule has 0 atom stereocenters. The first kappa shape index (κ1) is 21.1. The molecule has 2 rings (SSSR count). The van der Waals surface area contributed by atoms with Crippen molar-refractivity contribution in [1.82, 2.24) is 0 Å². The normalized spacial score (nSPS) is 10.6. The van der Waals surface area contributed by atoms with Crippen molar-refractivity contribution in [2.75, 3.05) is 42.3 Å². The molecule has 7 nitrogen and oxygen atoms in total. The Labute approximate surface area is 164 Å². The van der Waals surface area contributed by atoms with Gasteiger partial charge in [-0.05, 0) is 23.8 Å². The van der Waals surface area contributed by atoms with E-state index in [1.165, 1.54) is 27.4 Å². The Hall–Kier alpha value is -3.19. The molecule has 28 heavy (non-hydrogen) atoms. The van der Waals surface area contributed by atoms with E-state index in [1.54, 1.807) is 44.6 Å². The fourth-order valence-electron chi connectivity index (χ4n) is 2.54. The molecule has 7 heteroatoms. The summed E-state index contributed by atoms with van der Waals surface area (Å²) in [6, 6.07) is 8.59. The van der Waals surface area contributed by atoms with Crippen molar-refractivity contribution in [2.45, 2.75) is 0 Å². The fraction of sp³-hybridized carbons (Fsp3) is 0.286. The maximum atomic E-state index is 12.9. The Kier molecular flexibility index (Phi) is 7.71. The quantitative estimate of drug-likeness (QED) is 0.350. The first-order valence-corrected chi connectivity index (χ1v) is 8.40. The minimum atomic E-state index is -0.291. The maximum absolute atomic E-state index is 12.9. The molecule has 0 saturated heterocycles. The lowest BCUT2D eigenvalue weighted by atomic mass is 10.1. The average Bonchev–Trinajstić information content (AvgIpc) is 2.74. The lowest BCUT2D eigenvalue weighted by molar-refractivity contribution is 0.0500. The SMILES string of the molecule is COCOc1cc(OC)cc(OC)c1C(=O)/C=C/c1ccc(OC)c(OC)c1. The Balaban J connectivity index is 2.38. The Morgan fingerprint density at radius 1 is 0.821 bits per heavy atom. The van der Waals surface area contributed by atoms with Gasteiger partial charge in [0.15, 0.2) is 24.1 Å². The molecule has 0 heterocycles. The van der Waals surface area contributed by atoms with Crippen molar-refractivity contribution in [1.29, 1.82) is 0 Å². The minimum absolute atomic E-state index is 0.0179. The predicted octanol–water partition coefficient (Wildman–Crippen LogP) is 3.60. The topological polar surface area (TPSA) is 72.5 Å². The largest absolute Gasteiger partial charge is 0.496 e. The number of ketones is 1. The van der Waals surface area contributed by atoms with E-state index in [1.807, 2.05) is 6.07 Å². The van der Waals surface area contributed by atoms with Crippen LogP contribution in [0.3, 0.4) is 0 Å². The van der Waals surface area contributed by atoms with Crippen LogP contribution in [0.4, 0.5) is 0 Å². The van der Waals surface area contributed by atoms with Gasteiger partial charge in [0, 0.05) is 19.2 Å². The van der Waals surface area contributed by atoms with E-state index in [4.69, 9.17) is 28.4 Å². The highest BCUT2D eigenvalue weighted by Crippen LogP contribution is 2.35. The number of allylic oxidation sites excluding steroid dienone is 1. The number of benzene rings is 2. The summed E-state index contributed by atoms with van der Waals surface area (Å²) in [6.45, 7) is -0.0179. The first-order chi connectivity index (χ1) is 13.6. The molecule has 150 valence electrons. The van der Waals surface area contributed by atoms with Gasteiger partial charge in [-0.15, -0.1) is 0 Å². The van der Waals surface area contributed by atoms with Crippen molar-refractivity contribution in [2.24, 2.45) is 0 Å². The molecule has 0 aliphatic carbocycles. The molecule has 2 aromatic carbocycles. The van der Waals surface area contributed by atoms with Gasteiger partial charge in [-0.2, -0.15) is 0 Å². The van der Waals surface area contributed by atoms with Crippen molar-refractivity contribution in [3.8, 4) is 28.7 Å². The maximum Gasteiger partial charge on any atom is 0.193 e. The van der Waals surface area contributed by atoms with Crippen LogP contribution in [0.1, 0.15) is 15.9 Å². The van der Waals surface area contributed by atoms with E-state index >= 15 is 0 Å². The van der Waals surface area contributed by atoms with Crippen LogP contribution in [0.5, 0.6) is 28.7 Å². The summed E-state index contributed by atoms with van der Waals surface area (Å²) in [5, 5.41) is 0. The van der Waals surface area contributed by atoms with Gasteiger partial charge >= 0.3 is 0 Å². The molecule has 0 spiro atoms. The summed E-state index contributed by atoms with van der Waals surface area (Å²) in [5.74, 6) is 2.04. The van der Waals surface area contributed by atoms with Gasteiger partial charge in [0.05, 0.1) is 28.4 Å². The summed E-state index contributed by atoms with van der Waals surface area (Å²) < 4.78 is 31.6. The van der Waals surface area contributed by atoms with E-state index in [2.05, 4.69) is 0 Å². The number of hydrogen-bond donors (Lipinski definition) is 0. The van der Waals surface area contributed by atoms with Gasteiger partial charge in [-0.3, -0.25) is 4.79 Å². The second-order valence-corrected chi connectivity index (χ2v) is 5.57. The molecule has 0 fully saturated rings. The number of carbonyl (C=O) groups is 1. The lowest BCUT2D eigenvalue weighted by Gasteiger charge is -2.14. The van der Waals surface area contributed by atoms with Gasteiger partial charge < -0.3 is 28.4 Å². The van der Waals surface area contributed by atoms with Crippen LogP contribution in [-0.2, 0) is 4.74 Å². The number of carbonyl (C=O) groups excluding carboxylic acids is 1. The van der Waals surface area contributed by atoms with Gasteiger partial charge in [0.1, 0.15) is 22.8 Å². The van der Waals surface area contributed by atoms with Crippen molar-refractivity contribution in [3.05, 3.63) is 47.5 Å². The first-order valence-electron chi connectivity index (χ1n) is 8.40. The van der Waals surface area contributed by atoms with Crippen LogP contribution in [0.25, 0.3) is 6.08 Å². The minimum Gasteiger partial charge on any atom is -0.496 e. The number of ether oxygens (including phenoxy) is 6. The molecule has 0 saturated carbocycles. The molecular weight excluding hydrogens is 364 g/mol. The van der Waals surface area contributed by atoms with E-state index in [9.17, 15) is 4.79 Å². The predicted molar refractivity (Wildman–Crippen MR) is 105 cm³/mol. The van der Waals surface area contributed by atoms with Crippen LogP contribution in [0.15, 0.2) is 36.4 Å². The molecule has 0 aliphatic heterocycles. The zero-order valence-corrected chi connectivity index (χ0v) is 16.6. The average molecular weight is 388 g/mol. The molecule has 0 N–H and O–H groups in total. The van der Waals surface area contributed by atoms with E-state index in [-0.39, 0.29) is 18.1 Å². The van der Waals surface area contributed by atoms with E-state index in [0.717, 1.165) is 5.56 Å². The molecule has 0 radical (unpaired) electrons. The van der Waals surface area contributed by atoms with Crippen LogP contribution >= 0.6 is 0 Å². The highest BCUT2D eigenvalue weighted by atomic mass is 16.7. The summed E-state index contributed by atoms with van der Waals surface area (Å²) in [4.78, 5) is 12.9. The lowest BCUT2D eigenvalue weighted by Crippen LogP contribution is -2.07. The summed E-state index contributed by atoms with van der Waals surface area (Å²) in [7, 11) is 7.61. The van der Waals surface area contributed by atoms with Crippen molar-refractivity contribution < 1.29 is 33.2 Å². The third-order valence-corrected chi connectivity index (χ3v) is 3.91. The fourth-order valence-corrected chi connectivity index (χ4v) is 2.54. The molecule has 0 unspecified atom stereocenters. The van der Waals surface area contributed by atoms with Crippen molar-refractivity contribution in [3.63, 3.8) is 0 Å². The van der Waals surface area contributed by atoms with Crippen LogP contribution in [-0.4, -0.2) is 48.1 Å². The molecular formula is C21H24O7. The second kappa shape index (κ2) is 10.2. The third-order valence-electron chi connectivity index (χ3n) is 3.91. The second-order valence-electron chi connectivity index (χ2n) is 5.57. The van der Waals surface area contributed by atoms with Crippen LogP contribution < -0.4 is 23.7 Å². The summed E-state index contributed by atoms with van der Waals surface area (Å²) >= 11 is 0. The standard InChI is InChI=1S/C21H24O7/c1-23-13-28-20-12-15(24-2)11-19(27-5)21(20)16(22)8-6-14-7-9-17(25-3)18(10-14)26-4/h6-12H,13H2,1-5H3/b8-6+. The molecule has 0 amide bonds. The van der Waals surface area contributed by atoms with Crippen molar-refractivity contribution >= 4 is 11.9 Å². The van der Waals surface area contributed by atoms with Gasteiger partial charge in [-0.25, -0.2) is 0 Å². The monoisotopic (exact) mass is 388 g/mol. The Morgan fingerprint density at radius 2 is 1.50 bits per heavy atom. The smallest absolute Gasteiger partial charge is 0.193 e. The Bertz CT molecular complexity index is 843. The number of methoxy groups -OCH3 is 5. The van der Waals surface area contributed by atoms with E-state index < -0.39 is 0 Å². The number of rotatable bonds is 10. The van der Waals surface area contributed by atoms with Crippen LogP contribution in [0, 0.1) is 0 Å². The zero-order valence-electron chi connectivity index (χ0n) is 16.6. The van der Waals surface area contributed by atoms with Crippen LogP contribution in [0.2, 0.25) is 0 Å². The van der Waals surface area contributed by atoms with E-state index in [0.29, 0.717) is 28.7 Å². The highest BCUT2D eigenvalue weighted by Gasteiger charge is 2.19. The zero-order chi connectivity index (χ0) is 20.5. The molecule has 0 bridgehead atoms. The Morgan fingerprint density at radius 3 is 2.11 bits per heavy atom. The van der Waals surface area contributed by atoms with Gasteiger partial charge in [0.2, 0.25) is 0 Å². The molecule has 2 aromatic rings. The molecule has 0 aromatic heterocycles. The number of hydrogen-bond acceptors (Lipinski definition) is 7. The summed E-state index contributed by atoms with van der Waals surface area (Å²) in [5.41, 5.74) is 1.05. The summed E-state index contributed by atoms with van der Waals surface area (Å²) in [6.07, 6.45) is 3.11. The third kappa shape index (κ3) is 4.95. The highest BCUT2D eigenvalue weighted by molar-refractivity contribution is 6.10. The van der Waals surface area contributed by atoms with Gasteiger partial charge in [0.25, 0.3) is 0 Å².